The predicted molar refractivity (Wildman–Crippen MR) is 142 cm³/mol. The summed E-state index contributed by atoms with van der Waals surface area (Å²) >= 11 is 0. The van der Waals surface area contributed by atoms with Gasteiger partial charge in [0.15, 0.2) is 11.5 Å². The molecule has 2 aliphatic rings. The maximum atomic E-state index is 13.5. The zero-order valence-corrected chi connectivity index (χ0v) is 21.7. The molecule has 2 heterocycles. The number of benzene rings is 3. The standard InChI is InChI=1S/C30H29NO7/c1-5-37-25-16-18(6-13-24(25)36-4)27-26(28(32)19-7-12-23-20(15-19)14-17(2)38-23)29(33)30(34)31(27)21-8-10-22(35-3)11-9-21/h6-13,15-17,27,32H,5,14H2,1-4H3/b28-26+. The van der Waals surface area contributed by atoms with Crippen molar-refractivity contribution in [3.63, 3.8) is 0 Å². The summed E-state index contributed by atoms with van der Waals surface area (Å²) in [6.07, 6.45) is 0.718. The third kappa shape index (κ3) is 4.32. The highest BCUT2D eigenvalue weighted by molar-refractivity contribution is 6.51. The molecular weight excluding hydrogens is 486 g/mol. The van der Waals surface area contributed by atoms with Crippen LogP contribution >= 0.6 is 0 Å². The molecule has 1 fully saturated rings. The average molecular weight is 516 g/mol. The molecule has 0 bridgehead atoms. The van der Waals surface area contributed by atoms with E-state index in [-0.39, 0.29) is 17.4 Å². The lowest BCUT2D eigenvalue weighted by molar-refractivity contribution is -0.132. The van der Waals surface area contributed by atoms with E-state index in [0.717, 1.165) is 11.3 Å². The van der Waals surface area contributed by atoms with E-state index in [4.69, 9.17) is 18.9 Å². The number of carbonyl (C=O) groups is 2. The van der Waals surface area contributed by atoms with Crippen molar-refractivity contribution in [3.8, 4) is 23.0 Å². The lowest BCUT2D eigenvalue weighted by Gasteiger charge is -2.26. The molecule has 0 radical (unpaired) electrons. The highest BCUT2D eigenvalue weighted by atomic mass is 16.5. The van der Waals surface area contributed by atoms with Crippen molar-refractivity contribution in [2.24, 2.45) is 0 Å². The van der Waals surface area contributed by atoms with E-state index in [9.17, 15) is 14.7 Å². The van der Waals surface area contributed by atoms with Crippen LogP contribution in [0.5, 0.6) is 23.0 Å². The van der Waals surface area contributed by atoms with E-state index in [1.54, 1.807) is 68.8 Å². The Morgan fingerprint density at radius 2 is 1.76 bits per heavy atom. The molecule has 1 saturated heterocycles. The van der Waals surface area contributed by atoms with Crippen LogP contribution in [-0.2, 0) is 16.0 Å². The van der Waals surface area contributed by atoms with Gasteiger partial charge in [-0.15, -0.1) is 0 Å². The number of ketones is 1. The molecule has 1 N–H and O–H groups in total. The second kappa shape index (κ2) is 10.1. The van der Waals surface area contributed by atoms with Crippen LogP contribution in [-0.4, -0.2) is 43.7 Å². The number of ether oxygens (including phenoxy) is 4. The van der Waals surface area contributed by atoms with Crippen molar-refractivity contribution in [2.75, 3.05) is 25.7 Å². The number of hydrogen-bond acceptors (Lipinski definition) is 7. The van der Waals surface area contributed by atoms with Gasteiger partial charge in [-0.1, -0.05) is 6.07 Å². The minimum Gasteiger partial charge on any atom is -0.507 e. The fourth-order valence-electron chi connectivity index (χ4n) is 5.01. The number of Topliss-reactive ketones (excluding diaryl/α,β-unsaturated/α-hetero) is 1. The molecule has 0 saturated carbocycles. The van der Waals surface area contributed by atoms with E-state index in [2.05, 4.69) is 0 Å². The SMILES string of the molecule is CCOc1cc(C2/C(=C(\O)c3ccc4c(c3)CC(C)O4)C(=O)C(=O)N2c2ccc(OC)cc2)ccc1OC. The molecule has 5 rings (SSSR count). The summed E-state index contributed by atoms with van der Waals surface area (Å²) in [5.41, 5.74) is 2.44. The Hall–Kier alpha value is -4.46. The fraction of sp³-hybridized carbons (Fsp3) is 0.267. The van der Waals surface area contributed by atoms with E-state index < -0.39 is 17.7 Å². The van der Waals surface area contributed by atoms with Gasteiger partial charge in [0.05, 0.1) is 32.4 Å². The van der Waals surface area contributed by atoms with Gasteiger partial charge in [0.25, 0.3) is 11.7 Å². The van der Waals surface area contributed by atoms with Gasteiger partial charge in [0.2, 0.25) is 0 Å². The van der Waals surface area contributed by atoms with E-state index in [0.29, 0.717) is 47.1 Å². The summed E-state index contributed by atoms with van der Waals surface area (Å²) in [7, 11) is 3.09. The largest absolute Gasteiger partial charge is 0.507 e. The molecule has 38 heavy (non-hydrogen) atoms. The van der Waals surface area contributed by atoms with Gasteiger partial charge >= 0.3 is 0 Å². The van der Waals surface area contributed by atoms with Gasteiger partial charge in [-0.25, -0.2) is 0 Å². The quantitative estimate of drug-likeness (QED) is 0.267. The Morgan fingerprint density at radius 1 is 1.00 bits per heavy atom. The van der Waals surface area contributed by atoms with Gasteiger partial charge in [-0.2, -0.15) is 0 Å². The highest BCUT2D eigenvalue weighted by Gasteiger charge is 2.47. The Balaban J connectivity index is 1.69. The van der Waals surface area contributed by atoms with Gasteiger partial charge in [-0.05, 0) is 79.6 Å². The van der Waals surface area contributed by atoms with E-state index >= 15 is 0 Å². The third-order valence-electron chi connectivity index (χ3n) is 6.77. The van der Waals surface area contributed by atoms with Crippen LogP contribution in [0.15, 0.2) is 66.2 Å². The maximum Gasteiger partial charge on any atom is 0.300 e. The number of hydrogen-bond donors (Lipinski definition) is 1. The molecule has 8 heteroatoms. The predicted octanol–water partition coefficient (Wildman–Crippen LogP) is 5.05. The lowest BCUT2D eigenvalue weighted by Crippen LogP contribution is -2.29. The molecule has 2 atom stereocenters. The second-order valence-corrected chi connectivity index (χ2v) is 9.17. The van der Waals surface area contributed by atoms with Crippen molar-refractivity contribution in [1.29, 1.82) is 0 Å². The van der Waals surface area contributed by atoms with Gasteiger partial charge in [0, 0.05) is 17.7 Å². The smallest absolute Gasteiger partial charge is 0.300 e. The van der Waals surface area contributed by atoms with Crippen LogP contribution in [0.25, 0.3) is 5.76 Å². The highest BCUT2D eigenvalue weighted by Crippen LogP contribution is 2.45. The van der Waals surface area contributed by atoms with Crippen molar-refractivity contribution in [1.82, 2.24) is 0 Å². The molecule has 3 aromatic rings. The third-order valence-corrected chi connectivity index (χ3v) is 6.77. The van der Waals surface area contributed by atoms with Gasteiger partial charge in [-0.3, -0.25) is 14.5 Å². The zero-order valence-electron chi connectivity index (χ0n) is 21.7. The summed E-state index contributed by atoms with van der Waals surface area (Å²) in [4.78, 5) is 28.4. The molecule has 2 aliphatic heterocycles. The van der Waals surface area contributed by atoms with Crippen LogP contribution < -0.4 is 23.8 Å². The van der Waals surface area contributed by atoms with Crippen LogP contribution in [0, 0.1) is 0 Å². The molecule has 2 unspecified atom stereocenters. The molecule has 8 nitrogen and oxygen atoms in total. The van der Waals surface area contributed by atoms with Crippen molar-refractivity contribution >= 4 is 23.1 Å². The van der Waals surface area contributed by atoms with Crippen LogP contribution in [0.4, 0.5) is 5.69 Å². The summed E-state index contributed by atoms with van der Waals surface area (Å²) in [6, 6.07) is 16.5. The van der Waals surface area contributed by atoms with E-state index in [1.807, 2.05) is 19.9 Å². The first-order valence-corrected chi connectivity index (χ1v) is 12.4. The topological polar surface area (TPSA) is 94.5 Å². The monoisotopic (exact) mass is 515 g/mol. The van der Waals surface area contributed by atoms with E-state index in [1.165, 1.54) is 4.90 Å². The lowest BCUT2D eigenvalue weighted by atomic mass is 9.94. The number of rotatable bonds is 7. The Bertz CT molecular complexity index is 1430. The Kier molecular flexibility index (Phi) is 6.72. The zero-order chi connectivity index (χ0) is 27.0. The average Bonchev–Trinajstić information content (AvgIpc) is 3.43. The molecule has 0 aliphatic carbocycles. The van der Waals surface area contributed by atoms with Crippen molar-refractivity contribution in [3.05, 3.63) is 82.9 Å². The summed E-state index contributed by atoms with van der Waals surface area (Å²) < 4.78 is 22.2. The van der Waals surface area contributed by atoms with Crippen LogP contribution in [0.1, 0.15) is 36.6 Å². The summed E-state index contributed by atoms with van der Waals surface area (Å²) in [5, 5.41) is 11.5. The Morgan fingerprint density at radius 3 is 2.45 bits per heavy atom. The molecule has 3 aromatic carbocycles. The van der Waals surface area contributed by atoms with Crippen molar-refractivity contribution < 1.29 is 33.6 Å². The number of nitrogens with zero attached hydrogens (tertiary/aromatic N) is 1. The van der Waals surface area contributed by atoms with Gasteiger partial charge < -0.3 is 24.1 Å². The first kappa shape index (κ1) is 25.2. The first-order chi connectivity index (χ1) is 18.4. The number of carbonyl (C=O) groups excluding carboxylic acids is 2. The second-order valence-electron chi connectivity index (χ2n) is 9.17. The Labute approximate surface area is 221 Å². The van der Waals surface area contributed by atoms with Crippen LogP contribution in [0.3, 0.4) is 0 Å². The number of aliphatic hydroxyl groups is 1. The molecule has 0 spiro atoms. The maximum absolute atomic E-state index is 13.5. The number of aliphatic hydroxyl groups excluding tert-OH is 1. The summed E-state index contributed by atoms with van der Waals surface area (Å²) in [5.74, 6) is 0.581. The molecule has 196 valence electrons. The first-order valence-electron chi connectivity index (χ1n) is 12.4. The summed E-state index contributed by atoms with van der Waals surface area (Å²) in [6.45, 7) is 4.22. The minimum absolute atomic E-state index is 0.00894. The molecule has 1 amide bonds. The number of methoxy groups -OCH3 is 2. The van der Waals surface area contributed by atoms with Crippen LogP contribution in [0.2, 0.25) is 0 Å². The number of anilines is 1. The number of fused-ring (bicyclic) bond motifs is 1. The minimum atomic E-state index is -0.906. The normalized spacial score (nSPS) is 19.7. The molecule has 0 aromatic heterocycles. The van der Waals surface area contributed by atoms with Gasteiger partial charge in [0.1, 0.15) is 23.4 Å². The number of amides is 1. The fourth-order valence-corrected chi connectivity index (χ4v) is 5.01. The molecular formula is C30H29NO7. The van der Waals surface area contributed by atoms with Crippen molar-refractivity contribution in [2.45, 2.75) is 32.4 Å².